The van der Waals surface area contributed by atoms with Gasteiger partial charge in [-0.1, -0.05) is 115 Å². The highest BCUT2D eigenvalue weighted by Crippen LogP contribution is 2.13. The first-order valence-corrected chi connectivity index (χ1v) is 12.4. The van der Waals surface area contributed by atoms with Crippen LogP contribution in [0.3, 0.4) is 0 Å². The largest absolute Gasteiger partial charge is 0.453 e. The third kappa shape index (κ3) is 15.3. The average molecular weight is 421 g/mol. The Balaban J connectivity index is 1.79. The molecule has 0 radical (unpaired) electrons. The summed E-state index contributed by atoms with van der Waals surface area (Å²) in [5.41, 5.74) is 0. The van der Waals surface area contributed by atoms with Gasteiger partial charge < -0.3 is 9.47 Å². The van der Waals surface area contributed by atoms with Crippen molar-refractivity contribution in [2.24, 2.45) is 0 Å². The molecule has 0 bridgehead atoms. The first-order chi connectivity index (χ1) is 14.7. The number of esters is 2. The van der Waals surface area contributed by atoms with Crippen LogP contribution in [-0.4, -0.2) is 24.6 Å². The highest BCUT2D eigenvalue weighted by atomic mass is 16.6. The number of unbranched alkanes of at least 4 members (excludes halogenated alkanes) is 14. The summed E-state index contributed by atoms with van der Waals surface area (Å²) < 4.78 is 9.69. The summed E-state index contributed by atoms with van der Waals surface area (Å²) in [7, 11) is 0. The fourth-order valence-electron chi connectivity index (χ4n) is 3.67. The molecule has 0 aromatic carbocycles. The summed E-state index contributed by atoms with van der Waals surface area (Å²) in [4.78, 5) is 22.0. The Bertz CT molecular complexity index is 495. The van der Waals surface area contributed by atoms with Crippen molar-refractivity contribution in [2.45, 2.75) is 122 Å². The molecule has 0 amide bonds. The Morgan fingerprint density at radius 3 is 1.80 bits per heavy atom. The first kappa shape index (κ1) is 26.5. The number of hydrogen-bond donors (Lipinski definition) is 0. The molecular weight excluding hydrogens is 376 g/mol. The fraction of sp³-hybridized carbons (Fsp3) is 0.769. The molecule has 1 atom stereocenters. The van der Waals surface area contributed by atoms with E-state index in [1.165, 1.54) is 89.9 Å². The number of hydrogen-bond acceptors (Lipinski definition) is 4. The molecule has 0 spiro atoms. The molecule has 4 nitrogen and oxygen atoms in total. The molecule has 30 heavy (non-hydrogen) atoms. The van der Waals surface area contributed by atoms with Gasteiger partial charge in [0.25, 0.3) is 0 Å². The van der Waals surface area contributed by atoms with E-state index >= 15 is 0 Å². The van der Waals surface area contributed by atoms with Crippen LogP contribution in [-0.2, 0) is 19.1 Å². The standard InChI is InChI=1S/C26H44O4/c1-2-3-4-5-6-7-8-9-10-11-12-13-14-15-16-17-18-19-20-21-22-24-23-29-25(27)26(28)30-24/h17-18,20-21,24H,2-16,19,22-23H2,1H3/b18-17+,21-20+/t24-/m0/s1. The SMILES string of the molecule is CCCCCCCCCCCCCCCC/C=C/C/C=C/C[C@H]1COC(=O)C(=O)O1. The van der Waals surface area contributed by atoms with Gasteiger partial charge in [-0.2, -0.15) is 0 Å². The highest BCUT2D eigenvalue weighted by Gasteiger charge is 2.28. The van der Waals surface area contributed by atoms with E-state index in [0.717, 1.165) is 12.8 Å². The van der Waals surface area contributed by atoms with E-state index in [9.17, 15) is 9.59 Å². The number of carbonyl (C=O) groups excluding carboxylic acids is 2. The van der Waals surface area contributed by atoms with E-state index in [4.69, 9.17) is 9.47 Å². The quantitative estimate of drug-likeness (QED) is 0.0958. The second-order valence-corrected chi connectivity index (χ2v) is 8.42. The van der Waals surface area contributed by atoms with Crippen LogP contribution in [0.15, 0.2) is 24.3 Å². The van der Waals surface area contributed by atoms with Crippen LogP contribution in [0.5, 0.6) is 0 Å². The maximum absolute atomic E-state index is 11.1. The summed E-state index contributed by atoms with van der Waals surface area (Å²) >= 11 is 0. The van der Waals surface area contributed by atoms with Crippen molar-refractivity contribution in [3.63, 3.8) is 0 Å². The molecule has 0 aromatic heterocycles. The monoisotopic (exact) mass is 420 g/mol. The Kier molecular flexibility index (Phi) is 17.1. The van der Waals surface area contributed by atoms with E-state index < -0.39 is 11.9 Å². The molecule has 0 unspecified atom stereocenters. The van der Waals surface area contributed by atoms with Crippen LogP contribution in [0.25, 0.3) is 0 Å². The Hall–Kier alpha value is -1.58. The minimum Gasteiger partial charge on any atom is -0.453 e. The summed E-state index contributed by atoms with van der Waals surface area (Å²) in [5.74, 6) is -1.77. The molecule has 1 aliphatic rings. The van der Waals surface area contributed by atoms with Crippen molar-refractivity contribution in [3.05, 3.63) is 24.3 Å². The Morgan fingerprint density at radius 2 is 1.23 bits per heavy atom. The molecule has 0 saturated carbocycles. The number of cyclic esters (lactones) is 2. The molecule has 1 rings (SSSR count). The van der Waals surface area contributed by atoms with Gasteiger partial charge in [-0.15, -0.1) is 0 Å². The van der Waals surface area contributed by atoms with Crippen LogP contribution in [0.2, 0.25) is 0 Å². The lowest BCUT2D eigenvalue weighted by Gasteiger charge is -2.20. The predicted molar refractivity (Wildman–Crippen MR) is 123 cm³/mol. The molecule has 1 heterocycles. The van der Waals surface area contributed by atoms with Gasteiger partial charge in [0.1, 0.15) is 12.7 Å². The number of allylic oxidation sites excluding steroid dienone is 3. The van der Waals surface area contributed by atoms with E-state index in [1.807, 2.05) is 6.08 Å². The zero-order chi connectivity index (χ0) is 21.7. The fourth-order valence-corrected chi connectivity index (χ4v) is 3.67. The van der Waals surface area contributed by atoms with Crippen molar-refractivity contribution < 1.29 is 19.1 Å². The zero-order valence-corrected chi connectivity index (χ0v) is 19.2. The molecule has 0 N–H and O–H groups in total. The number of rotatable bonds is 19. The highest BCUT2D eigenvalue weighted by molar-refractivity contribution is 6.30. The molecular formula is C26H44O4. The summed E-state index contributed by atoms with van der Waals surface area (Å²) in [6.07, 6.45) is 30.4. The third-order valence-electron chi connectivity index (χ3n) is 5.57. The van der Waals surface area contributed by atoms with Crippen molar-refractivity contribution in [1.82, 2.24) is 0 Å². The molecule has 1 fully saturated rings. The number of ether oxygens (including phenoxy) is 2. The molecule has 1 saturated heterocycles. The second kappa shape index (κ2) is 19.4. The Morgan fingerprint density at radius 1 is 0.700 bits per heavy atom. The molecule has 0 aromatic rings. The van der Waals surface area contributed by atoms with Gasteiger partial charge in [0.15, 0.2) is 0 Å². The lowest BCUT2D eigenvalue weighted by molar-refractivity contribution is -0.184. The van der Waals surface area contributed by atoms with Crippen LogP contribution in [0.1, 0.15) is 116 Å². The zero-order valence-electron chi connectivity index (χ0n) is 19.2. The van der Waals surface area contributed by atoms with Gasteiger partial charge in [0, 0.05) is 6.42 Å². The van der Waals surface area contributed by atoms with Crippen LogP contribution in [0.4, 0.5) is 0 Å². The smallest absolute Gasteiger partial charge is 0.417 e. The van der Waals surface area contributed by atoms with Crippen LogP contribution in [0, 0.1) is 0 Å². The summed E-state index contributed by atoms with van der Waals surface area (Å²) in [6, 6.07) is 0. The van der Waals surface area contributed by atoms with Crippen LogP contribution >= 0.6 is 0 Å². The molecule has 172 valence electrons. The molecule has 0 aliphatic carbocycles. The first-order valence-electron chi connectivity index (χ1n) is 12.4. The maximum Gasteiger partial charge on any atom is 0.417 e. The lowest BCUT2D eigenvalue weighted by Crippen LogP contribution is -2.36. The van der Waals surface area contributed by atoms with Gasteiger partial charge in [0.2, 0.25) is 0 Å². The van der Waals surface area contributed by atoms with Gasteiger partial charge in [0.05, 0.1) is 0 Å². The van der Waals surface area contributed by atoms with E-state index in [0.29, 0.717) is 6.42 Å². The van der Waals surface area contributed by atoms with Gasteiger partial charge in [-0.3, -0.25) is 0 Å². The predicted octanol–water partition coefficient (Wildman–Crippen LogP) is 7.22. The summed E-state index contributed by atoms with van der Waals surface area (Å²) in [6.45, 7) is 2.44. The second-order valence-electron chi connectivity index (χ2n) is 8.42. The van der Waals surface area contributed by atoms with Gasteiger partial charge >= 0.3 is 11.9 Å². The summed E-state index contributed by atoms with van der Waals surface area (Å²) in [5, 5.41) is 0. The molecule has 4 heteroatoms. The number of carbonyl (C=O) groups is 2. The minimum absolute atomic E-state index is 0.157. The van der Waals surface area contributed by atoms with E-state index in [2.05, 4.69) is 25.2 Å². The van der Waals surface area contributed by atoms with Crippen molar-refractivity contribution in [2.75, 3.05) is 6.61 Å². The van der Waals surface area contributed by atoms with Crippen molar-refractivity contribution in [1.29, 1.82) is 0 Å². The van der Waals surface area contributed by atoms with Crippen molar-refractivity contribution >= 4 is 11.9 Å². The van der Waals surface area contributed by atoms with Crippen LogP contribution < -0.4 is 0 Å². The third-order valence-corrected chi connectivity index (χ3v) is 5.57. The van der Waals surface area contributed by atoms with Gasteiger partial charge in [-0.05, 0) is 19.3 Å². The topological polar surface area (TPSA) is 52.6 Å². The maximum atomic E-state index is 11.1. The van der Waals surface area contributed by atoms with Crippen molar-refractivity contribution in [3.8, 4) is 0 Å². The van der Waals surface area contributed by atoms with E-state index in [1.54, 1.807) is 0 Å². The minimum atomic E-state index is -0.887. The molecule has 1 aliphatic heterocycles. The normalized spacial score (nSPS) is 17.0. The Labute approximate surface area is 184 Å². The van der Waals surface area contributed by atoms with Gasteiger partial charge in [-0.25, -0.2) is 9.59 Å². The average Bonchev–Trinajstić information content (AvgIpc) is 2.74. The lowest BCUT2D eigenvalue weighted by atomic mass is 10.0. The van der Waals surface area contributed by atoms with E-state index in [-0.39, 0.29) is 12.7 Å².